The number of nitrogens with one attached hydrogen (secondary N) is 1. The van der Waals surface area contributed by atoms with Crippen molar-refractivity contribution in [1.82, 2.24) is 5.32 Å². The van der Waals surface area contributed by atoms with E-state index in [4.69, 9.17) is 0 Å². The zero-order chi connectivity index (χ0) is 11.5. The Labute approximate surface area is 90.8 Å². The van der Waals surface area contributed by atoms with Crippen molar-refractivity contribution in [2.24, 2.45) is 0 Å². The molecule has 3 nitrogen and oxygen atoms in total. The van der Waals surface area contributed by atoms with Crippen LogP contribution in [-0.2, 0) is 6.54 Å². The molecule has 0 aliphatic heterocycles. The second kappa shape index (κ2) is 4.64. The topological polar surface area (TPSA) is 52.5 Å². The molecule has 0 saturated heterocycles. The highest BCUT2D eigenvalue weighted by Crippen LogP contribution is 2.17. The molecular weight excluding hydrogens is 190 g/mol. The van der Waals surface area contributed by atoms with E-state index in [0.29, 0.717) is 6.54 Å². The van der Waals surface area contributed by atoms with Gasteiger partial charge in [0.1, 0.15) is 5.75 Å². The second-order valence-corrected chi connectivity index (χ2v) is 4.38. The van der Waals surface area contributed by atoms with E-state index in [2.05, 4.69) is 5.32 Å². The number of rotatable bonds is 4. The molecule has 0 aliphatic rings. The van der Waals surface area contributed by atoms with Crippen molar-refractivity contribution in [2.45, 2.75) is 39.0 Å². The molecule has 3 N–H and O–H groups in total. The highest BCUT2D eigenvalue weighted by molar-refractivity contribution is 5.31. The van der Waals surface area contributed by atoms with E-state index in [1.54, 1.807) is 19.1 Å². The Morgan fingerprint density at radius 2 is 1.93 bits per heavy atom. The Morgan fingerprint density at radius 3 is 2.47 bits per heavy atom. The van der Waals surface area contributed by atoms with E-state index >= 15 is 0 Å². The molecular formula is C12H19NO2. The summed E-state index contributed by atoms with van der Waals surface area (Å²) < 4.78 is 0. The summed E-state index contributed by atoms with van der Waals surface area (Å²) in [5.74, 6) is 0.284. The first-order valence-corrected chi connectivity index (χ1v) is 5.13. The first-order chi connectivity index (χ1) is 6.93. The molecule has 1 atom stereocenters. The van der Waals surface area contributed by atoms with E-state index in [0.717, 1.165) is 5.56 Å². The van der Waals surface area contributed by atoms with Crippen molar-refractivity contribution in [1.29, 1.82) is 0 Å². The third kappa shape index (κ3) is 3.22. The fraction of sp³-hybridized carbons (Fsp3) is 0.500. The third-order valence-electron chi connectivity index (χ3n) is 2.77. The zero-order valence-electron chi connectivity index (χ0n) is 9.49. The number of phenols is 1. The molecule has 0 spiro atoms. The summed E-state index contributed by atoms with van der Waals surface area (Å²) in [5, 5.41) is 22.3. The van der Waals surface area contributed by atoms with Crippen LogP contribution in [0.5, 0.6) is 5.75 Å². The summed E-state index contributed by atoms with van der Waals surface area (Å²) in [6.07, 6.45) is -0.441. The van der Waals surface area contributed by atoms with E-state index in [-0.39, 0.29) is 11.3 Å². The molecule has 0 bridgehead atoms. The first-order valence-electron chi connectivity index (χ1n) is 5.13. The Bertz CT molecular complexity index is 321. The summed E-state index contributed by atoms with van der Waals surface area (Å²) >= 11 is 0. The van der Waals surface area contributed by atoms with Gasteiger partial charge < -0.3 is 15.5 Å². The normalized spacial score (nSPS) is 13.9. The summed E-state index contributed by atoms with van der Waals surface area (Å²) in [7, 11) is 0. The van der Waals surface area contributed by atoms with Crippen LogP contribution in [0.2, 0.25) is 0 Å². The van der Waals surface area contributed by atoms with Gasteiger partial charge in [0.25, 0.3) is 0 Å². The lowest BCUT2D eigenvalue weighted by Crippen LogP contribution is -2.47. The summed E-state index contributed by atoms with van der Waals surface area (Å²) in [6.45, 7) is 6.15. The number of hydrogen-bond donors (Lipinski definition) is 3. The fourth-order valence-corrected chi connectivity index (χ4v) is 1.13. The van der Waals surface area contributed by atoms with Crippen molar-refractivity contribution in [3.63, 3.8) is 0 Å². The fourth-order valence-electron chi connectivity index (χ4n) is 1.13. The molecule has 3 heteroatoms. The van der Waals surface area contributed by atoms with Gasteiger partial charge in [0, 0.05) is 17.6 Å². The molecule has 15 heavy (non-hydrogen) atoms. The number of aliphatic hydroxyl groups excluding tert-OH is 1. The Hall–Kier alpha value is -1.06. The van der Waals surface area contributed by atoms with Crippen LogP contribution in [0.15, 0.2) is 24.3 Å². The minimum atomic E-state index is -0.441. The number of hydrogen-bond acceptors (Lipinski definition) is 3. The van der Waals surface area contributed by atoms with Crippen molar-refractivity contribution < 1.29 is 10.2 Å². The predicted octanol–water partition coefficient (Wildman–Crippen LogP) is 1.64. The van der Waals surface area contributed by atoms with Crippen LogP contribution in [0, 0.1) is 0 Å². The molecule has 0 saturated carbocycles. The van der Waals surface area contributed by atoms with E-state index in [1.165, 1.54) is 0 Å². The highest BCUT2D eigenvalue weighted by atomic mass is 16.3. The Balaban J connectivity index is 2.62. The van der Waals surface area contributed by atoms with Gasteiger partial charge in [-0.1, -0.05) is 18.2 Å². The number of aromatic hydroxyl groups is 1. The minimum Gasteiger partial charge on any atom is -0.508 e. The SMILES string of the molecule is CC(O)C(C)(C)NCc1ccccc1O. The van der Waals surface area contributed by atoms with Crippen molar-refractivity contribution in [3.05, 3.63) is 29.8 Å². The van der Waals surface area contributed by atoms with Gasteiger partial charge in [-0.2, -0.15) is 0 Å². The van der Waals surface area contributed by atoms with Crippen LogP contribution in [0.3, 0.4) is 0 Å². The number of para-hydroxylation sites is 1. The van der Waals surface area contributed by atoms with Crippen molar-refractivity contribution in [3.8, 4) is 5.75 Å². The number of phenolic OH excluding ortho intramolecular Hbond substituents is 1. The van der Waals surface area contributed by atoms with Gasteiger partial charge in [0.2, 0.25) is 0 Å². The van der Waals surface area contributed by atoms with Crippen LogP contribution in [0.25, 0.3) is 0 Å². The monoisotopic (exact) mass is 209 g/mol. The zero-order valence-corrected chi connectivity index (χ0v) is 9.49. The summed E-state index contributed by atoms with van der Waals surface area (Å²) in [5.41, 5.74) is 0.480. The molecule has 1 aromatic rings. The van der Waals surface area contributed by atoms with Crippen molar-refractivity contribution in [2.75, 3.05) is 0 Å². The van der Waals surface area contributed by atoms with Gasteiger partial charge in [-0.15, -0.1) is 0 Å². The maximum absolute atomic E-state index is 9.54. The van der Waals surface area contributed by atoms with Gasteiger partial charge in [-0.05, 0) is 26.8 Å². The molecule has 1 aromatic carbocycles. The lowest BCUT2D eigenvalue weighted by Gasteiger charge is -2.29. The Kier molecular flexibility index (Phi) is 3.72. The average Bonchev–Trinajstić information content (AvgIpc) is 2.16. The largest absolute Gasteiger partial charge is 0.508 e. The van der Waals surface area contributed by atoms with E-state index < -0.39 is 6.10 Å². The van der Waals surface area contributed by atoms with E-state index in [9.17, 15) is 10.2 Å². The predicted molar refractivity (Wildman–Crippen MR) is 60.7 cm³/mol. The molecule has 1 unspecified atom stereocenters. The molecule has 0 amide bonds. The van der Waals surface area contributed by atoms with Crippen molar-refractivity contribution >= 4 is 0 Å². The molecule has 0 radical (unpaired) electrons. The maximum atomic E-state index is 9.54. The van der Waals surface area contributed by atoms with Crippen LogP contribution in [0.1, 0.15) is 26.3 Å². The van der Waals surface area contributed by atoms with Crippen LogP contribution >= 0.6 is 0 Å². The van der Waals surface area contributed by atoms with Crippen LogP contribution in [-0.4, -0.2) is 21.9 Å². The van der Waals surface area contributed by atoms with Gasteiger partial charge in [-0.3, -0.25) is 0 Å². The van der Waals surface area contributed by atoms with Gasteiger partial charge >= 0.3 is 0 Å². The molecule has 0 fully saturated rings. The summed E-state index contributed by atoms with van der Waals surface area (Å²) in [4.78, 5) is 0. The molecule has 0 heterocycles. The minimum absolute atomic E-state index is 0.284. The average molecular weight is 209 g/mol. The molecule has 0 aromatic heterocycles. The third-order valence-corrected chi connectivity index (χ3v) is 2.77. The lowest BCUT2D eigenvalue weighted by molar-refractivity contribution is 0.0955. The lowest BCUT2D eigenvalue weighted by atomic mass is 9.98. The molecule has 0 aliphatic carbocycles. The van der Waals surface area contributed by atoms with Gasteiger partial charge in [0.15, 0.2) is 0 Å². The number of benzene rings is 1. The Morgan fingerprint density at radius 1 is 1.33 bits per heavy atom. The second-order valence-electron chi connectivity index (χ2n) is 4.38. The van der Waals surface area contributed by atoms with E-state index in [1.807, 2.05) is 26.0 Å². The maximum Gasteiger partial charge on any atom is 0.120 e. The molecule has 84 valence electrons. The highest BCUT2D eigenvalue weighted by Gasteiger charge is 2.23. The smallest absolute Gasteiger partial charge is 0.120 e. The standard InChI is InChI=1S/C12H19NO2/c1-9(14)12(2,3)13-8-10-6-4-5-7-11(10)15/h4-7,9,13-15H,8H2,1-3H3. The number of aliphatic hydroxyl groups is 1. The van der Waals surface area contributed by atoms with Crippen LogP contribution in [0.4, 0.5) is 0 Å². The van der Waals surface area contributed by atoms with Gasteiger partial charge in [-0.25, -0.2) is 0 Å². The van der Waals surface area contributed by atoms with Crippen LogP contribution < -0.4 is 5.32 Å². The quantitative estimate of drug-likeness (QED) is 0.706. The van der Waals surface area contributed by atoms with Gasteiger partial charge in [0.05, 0.1) is 6.10 Å². The molecule has 1 rings (SSSR count). The summed E-state index contributed by atoms with van der Waals surface area (Å²) in [6, 6.07) is 7.19. The first kappa shape index (κ1) is 12.0.